The molecule has 6 heteroatoms. The van der Waals surface area contributed by atoms with Crippen molar-refractivity contribution in [3.63, 3.8) is 0 Å². The second-order valence-corrected chi connectivity index (χ2v) is 4.28. The molecule has 0 aliphatic rings. The standard InChI is InChI=1S/C15H16O6/c1-4-19-13(16)8-20-10-5-6-12-11(7-10)14(9(2)21-12)15(17)18-3/h5-7H,4,8H2,1-3H3. The topological polar surface area (TPSA) is 75.0 Å². The number of hydrogen-bond acceptors (Lipinski definition) is 6. The molecule has 0 spiro atoms. The number of fused-ring (bicyclic) bond motifs is 1. The average molecular weight is 292 g/mol. The third kappa shape index (κ3) is 3.16. The Morgan fingerprint density at radius 3 is 2.71 bits per heavy atom. The summed E-state index contributed by atoms with van der Waals surface area (Å²) >= 11 is 0. The minimum Gasteiger partial charge on any atom is -0.482 e. The van der Waals surface area contributed by atoms with Crippen LogP contribution in [0.1, 0.15) is 23.0 Å². The van der Waals surface area contributed by atoms with Crippen LogP contribution in [-0.2, 0) is 14.3 Å². The van der Waals surface area contributed by atoms with Crippen molar-refractivity contribution in [1.82, 2.24) is 0 Å². The van der Waals surface area contributed by atoms with Crippen LogP contribution in [0.4, 0.5) is 0 Å². The van der Waals surface area contributed by atoms with Crippen LogP contribution in [0.15, 0.2) is 22.6 Å². The first-order valence-corrected chi connectivity index (χ1v) is 6.46. The minimum atomic E-state index is -0.478. The highest BCUT2D eigenvalue weighted by atomic mass is 16.6. The molecule has 0 atom stereocenters. The highest BCUT2D eigenvalue weighted by Gasteiger charge is 2.19. The van der Waals surface area contributed by atoms with Gasteiger partial charge >= 0.3 is 11.9 Å². The van der Waals surface area contributed by atoms with Gasteiger partial charge in [-0.05, 0) is 32.0 Å². The van der Waals surface area contributed by atoms with E-state index in [2.05, 4.69) is 0 Å². The van der Waals surface area contributed by atoms with E-state index in [0.717, 1.165) is 0 Å². The van der Waals surface area contributed by atoms with Crippen LogP contribution < -0.4 is 4.74 Å². The molecule has 0 aliphatic heterocycles. The van der Waals surface area contributed by atoms with Crippen molar-refractivity contribution in [3.8, 4) is 5.75 Å². The first-order chi connectivity index (χ1) is 10.1. The lowest BCUT2D eigenvalue weighted by Gasteiger charge is -2.05. The van der Waals surface area contributed by atoms with Gasteiger partial charge in [-0.1, -0.05) is 0 Å². The number of ether oxygens (including phenoxy) is 3. The van der Waals surface area contributed by atoms with Crippen molar-refractivity contribution in [3.05, 3.63) is 29.5 Å². The smallest absolute Gasteiger partial charge is 0.344 e. The van der Waals surface area contributed by atoms with Crippen molar-refractivity contribution in [1.29, 1.82) is 0 Å². The van der Waals surface area contributed by atoms with E-state index in [9.17, 15) is 9.59 Å². The molecule has 0 aliphatic carbocycles. The minimum absolute atomic E-state index is 0.191. The fourth-order valence-electron chi connectivity index (χ4n) is 1.99. The van der Waals surface area contributed by atoms with E-state index >= 15 is 0 Å². The Labute approximate surface area is 121 Å². The molecule has 1 heterocycles. The maximum Gasteiger partial charge on any atom is 0.344 e. The molecular formula is C15H16O6. The molecule has 6 nitrogen and oxygen atoms in total. The number of hydrogen-bond donors (Lipinski definition) is 0. The van der Waals surface area contributed by atoms with Gasteiger partial charge in [0.15, 0.2) is 6.61 Å². The first kappa shape index (κ1) is 14.9. The summed E-state index contributed by atoms with van der Waals surface area (Å²) in [4.78, 5) is 23.0. The van der Waals surface area contributed by atoms with E-state index in [4.69, 9.17) is 18.6 Å². The molecule has 2 rings (SSSR count). The Morgan fingerprint density at radius 1 is 1.29 bits per heavy atom. The Bertz CT molecular complexity index is 670. The van der Waals surface area contributed by atoms with Crippen LogP contribution in [-0.4, -0.2) is 32.3 Å². The second kappa shape index (κ2) is 6.30. The quantitative estimate of drug-likeness (QED) is 0.788. The van der Waals surface area contributed by atoms with Gasteiger partial charge < -0.3 is 18.6 Å². The lowest BCUT2D eigenvalue weighted by molar-refractivity contribution is -0.145. The number of furan rings is 1. The van der Waals surface area contributed by atoms with Gasteiger partial charge in [0.25, 0.3) is 0 Å². The highest BCUT2D eigenvalue weighted by molar-refractivity contribution is 6.04. The molecule has 1 aromatic heterocycles. The largest absolute Gasteiger partial charge is 0.482 e. The van der Waals surface area contributed by atoms with Gasteiger partial charge in [-0.25, -0.2) is 9.59 Å². The SMILES string of the molecule is CCOC(=O)COc1ccc2oc(C)c(C(=O)OC)c2c1. The molecule has 2 aromatic rings. The Morgan fingerprint density at radius 2 is 2.05 bits per heavy atom. The van der Waals surface area contributed by atoms with E-state index in [-0.39, 0.29) is 6.61 Å². The van der Waals surface area contributed by atoms with Crippen LogP contribution >= 0.6 is 0 Å². The molecule has 112 valence electrons. The lowest BCUT2D eigenvalue weighted by Crippen LogP contribution is -2.14. The van der Waals surface area contributed by atoms with Gasteiger partial charge in [0.2, 0.25) is 0 Å². The van der Waals surface area contributed by atoms with E-state index in [1.54, 1.807) is 32.0 Å². The molecule has 21 heavy (non-hydrogen) atoms. The summed E-state index contributed by atoms with van der Waals surface area (Å²) < 4.78 is 20.3. The number of aryl methyl sites for hydroxylation is 1. The molecule has 1 aromatic carbocycles. The number of benzene rings is 1. The summed E-state index contributed by atoms with van der Waals surface area (Å²) in [6.45, 7) is 3.52. The molecule has 0 unspecified atom stereocenters. The summed E-state index contributed by atoms with van der Waals surface area (Å²) in [6, 6.07) is 4.97. The maximum absolute atomic E-state index is 11.8. The summed E-state index contributed by atoms with van der Waals surface area (Å²) in [5.74, 6) is -0.0103. The van der Waals surface area contributed by atoms with Gasteiger partial charge in [-0.3, -0.25) is 0 Å². The van der Waals surface area contributed by atoms with Gasteiger partial charge in [0.05, 0.1) is 13.7 Å². The third-order valence-electron chi connectivity index (χ3n) is 2.89. The van der Waals surface area contributed by atoms with Crippen LogP contribution in [0, 0.1) is 6.92 Å². The second-order valence-electron chi connectivity index (χ2n) is 4.28. The summed E-state index contributed by atoms with van der Waals surface area (Å²) in [5.41, 5.74) is 0.908. The van der Waals surface area contributed by atoms with Crippen LogP contribution in [0.2, 0.25) is 0 Å². The number of carbonyl (C=O) groups is 2. The Hall–Kier alpha value is -2.50. The van der Waals surface area contributed by atoms with Gasteiger partial charge in [-0.15, -0.1) is 0 Å². The zero-order valence-corrected chi connectivity index (χ0v) is 12.1. The first-order valence-electron chi connectivity index (χ1n) is 6.46. The fourth-order valence-corrected chi connectivity index (χ4v) is 1.99. The molecule has 0 fully saturated rings. The maximum atomic E-state index is 11.8. The lowest BCUT2D eigenvalue weighted by atomic mass is 10.1. The Balaban J connectivity index is 2.28. The van der Waals surface area contributed by atoms with Crippen LogP contribution in [0.25, 0.3) is 11.0 Å². The number of esters is 2. The third-order valence-corrected chi connectivity index (χ3v) is 2.89. The van der Waals surface area contributed by atoms with Gasteiger partial charge in [0, 0.05) is 5.39 Å². The Kier molecular flexibility index (Phi) is 4.47. The number of rotatable bonds is 5. The predicted molar refractivity (Wildman–Crippen MR) is 74.4 cm³/mol. The zero-order valence-electron chi connectivity index (χ0n) is 12.1. The van der Waals surface area contributed by atoms with E-state index in [1.165, 1.54) is 7.11 Å². The van der Waals surface area contributed by atoms with Crippen molar-refractivity contribution in [2.75, 3.05) is 20.3 Å². The van der Waals surface area contributed by atoms with Crippen molar-refractivity contribution in [2.45, 2.75) is 13.8 Å². The molecule has 0 saturated carbocycles. The zero-order chi connectivity index (χ0) is 15.4. The summed E-state index contributed by atoms with van der Waals surface area (Å²) in [6.07, 6.45) is 0. The predicted octanol–water partition coefficient (Wildman–Crippen LogP) is 2.47. The number of carbonyl (C=O) groups excluding carboxylic acids is 2. The van der Waals surface area contributed by atoms with Crippen molar-refractivity contribution >= 4 is 22.9 Å². The van der Waals surface area contributed by atoms with E-state index in [0.29, 0.717) is 34.6 Å². The summed E-state index contributed by atoms with van der Waals surface area (Å²) in [5, 5.41) is 0.584. The average Bonchev–Trinajstić information content (AvgIpc) is 2.80. The molecular weight excluding hydrogens is 276 g/mol. The van der Waals surface area contributed by atoms with E-state index < -0.39 is 11.9 Å². The van der Waals surface area contributed by atoms with Gasteiger partial charge in [-0.2, -0.15) is 0 Å². The summed E-state index contributed by atoms with van der Waals surface area (Å²) in [7, 11) is 1.31. The molecule has 0 saturated heterocycles. The normalized spacial score (nSPS) is 10.4. The van der Waals surface area contributed by atoms with Crippen molar-refractivity contribution < 1.29 is 28.2 Å². The number of methoxy groups -OCH3 is 1. The van der Waals surface area contributed by atoms with E-state index in [1.807, 2.05) is 0 Å². The molecule has 0 bridgehead atoms. The molecule has 0 radical (unpaired) electrons. The monoisotopic (exact) mass is 292 g/mol. The van der Waals surface area contributed by atoms with Crippen LogP contribution in [0.5, 0.6) is 5.75 Å². The molecule has 0 N–H and O–H groups in total. The van der Waals surface area contributed by atoms with Crippen molar-refractivity contribution in [2.24, 2.45) is 0 Å². The molecule has 0 amide bonds. The van der Waals surface area contributed by atoms with Gasteiger partial charge in [0.1, 0.15) is 22.7 Å². The van der Waals surface area contributed by atoms with Crippen LogP contribution in [0.3, 0.4) is 0 Å². The fraction of sp³-hybridized carbons (Fsp3) is 0.333. The highest BCUT2D eigenvalue weighted by Crippen LogP contribution is 2.29.